The molecule has 0 spiro atoms. The Morgan fingerprint density at radius 1 is 1.16 bits per heavy atom. The summed E-state index contributed by atoms with van der Waals surface area (Å²) < 4.78 is 2.61. The summed E-state index contributed by atoms with van der Waals surface area (Å²) in [5.74, 6) is 1.30. The first kappa shape index (κ1) is 21.8. The fourth-order valence-electron chi connectivity index (χ4n) is 3.62. The van der Waals surface area contributed by atoms with Crippen LogP contribution in [0.25, 0.3) is 23.2 Å². The average Bonchev–Trinajstić information content (AvgIpc) is 3.08. The van der Waals surface area contributed by atoms with Crippen LogP contribution in [0.5, 0.6) is 0 Å². The zero-order chi connectivity index (χ0) is 22.5. The van der Waals surface area contributed by atoms with Crippen LogP contribution in [0, 0.1) is 5.21 Å². The van der Waals surface area contributed by atoms with Crippen LogP contribution in [0.3, 0.4) is 0 Å². The standard InChI is InChI=1S/C24H25ClN6O/c1-3-6-20-22-23(30(2)29-20)24(26-13-12-17-7-4-9-19(25)15-17)28-21(27-22)11-10-18-8-5-14-31(32)16-18/h4-5,7-11,14-16H,3,6,12-13H2,1-2H3,(H,26,27,28)/b11-10+. The molecule has 8 heteroatoms. The normalized spacial score (nSPS) is 11.5. The van der Waals surface area contributed by atoms with E-state index in [-0.39, 0.29) is 0 Å². The molecule has 0 saturated heterocycles. The van der Waals surface area contributed by atoms with Crippen LogP contribution in [0.1, 0.15) is 36.0 Å². The number of hydrogen-bond acceptors (Lipinski definition) is 5. The first-order chi connectivity index (χ1) is 15.5. The molecular weight excluding hydrogens is 424 g/mol. The smallest absolute Gasteiger partial charge is 0.187 e. The second kappa shape index (κ2) is 9.78. The Balaban J connectivity index is 1.65. The quantitative estimate of drug-likeness (QED) is 0.318. The highest BCUT2D eigenvalue weighted by atomic mass is 35.5. The van der Waals surface area contributed by atoms with Gasteiger partial charge in [0.05, 0.1) is 5.69 Å². The number of halogens is 1. The van der Waals surface area contributed by atoms with Gasteiger partial charge in [0.15, 0.2) is 24.0 Å². The number of fused-ring (bicyclic) bond motifs is 1. The molecule has 0 atom stereocenters. The van der Waals surface area contributed by atoms with Gasteiger partial charge in [-0.25, -0.2) is 9.97 Å². The molecule has 7 nitrogen and oxygen atoms in total. The predicted octanol–water partition coefficient (Wildman–Crippen LogP) is 4.43. The van der Waals surface area contributed by atoms with Crippen molar-refractivity contribution < 1.29 is 4.73 Å². The first-order valence-electron chi connectivity index (χ1n) is 10.6. The Labute approximate surface area is 192 Å². The summed E-state index contributed by atoms with van der Waals surface area (Å²) in [5, 5.41) is 20.4. The van der Waals surface area contributed by atoms with Gasteiger partial charge in [-0.05, 0) is 48.8 Å². The summed E-state index contributed by atoms with van der Waals surface area (Å²) in [4.78, 5) is 9.51. The van der Waals surface area contributed by atoms with E-state index in [1.807, 2.05) is 48.1 Å². The average molecular weight is 449 g/mol. The van der Waals surface area contributed by atoms with Crippen LogP contribution in [0.15, 0.2) is 48.8 Å². The summed E-state index contributed by atoms with van der Waals surface area (Å²) in [6.07, 6.45) is 9.24. The molecule has 0 unspecified atom stereocenters. The fraction of sp³-hybridized carbons (Fsp3) is 0.250. The Bertz CT molecular complexity index is 1270. The van der Waals surface area contributed by atoms with Crippen LogP contribution >= 0.6 is 11.6 Å². The summed E-state index contributed by atoms with van der Waals surface area (Å²) in [5.41, 5.74) is 4.62. The number of rotatable bonds is 8. The van der Waals surface area contributed by atoms with E-state index in [0.29, 0.717) is 12.4 Å². The number of anilines is 1. The first-order valence-corrected chi connectivity index (χ1v) is 11.0. The minimum Gasteiger partial charge on any atom is -0.619 e. The topological polar surface area (TPSA) is 82.6 Å². The molecule has 4 rings (SSSR count). The maximum absolute atomic E-state index is 11.5. The molecule has 0 fully saturated rings. The molecule has 4 aromatic rings. The summed E-state index contributed by atoms with van der Waals surface area (Å²) in [6.45, 7) is 2.82. The fourth-order valence-corrected chi connectivity index (χ4v) is 3.83. The van der Waals surface area contributed by atoms with E-state index >= 15 is 0 Å². The van der Waals surface area contributed by atoms with Crippen molar-refractivity contribution in [2.45, 2.75) is 26.2 Å². The molecule has 0 radical (unpaired) electrons. The van der Waals surface area contributed by atoms with Crippen molar-refractivity contribution in [3.8, 4) is 0 Å². The SMILES string of the molecule is CCCc1nn(C)c2c(NCCc3cccc(Cl)c3)nc(/C=C/c3ccc[n+]([O-])c3)nc12. The van der Waals surface area contributed by atoms with E-state index in [4.69, 9.17) is 21.6 Å². The molecule has 1 aromatic carbocycles. The highest BCUT2D eigenvalue weighted by Gasteiger charge is 2.16. The summed E-state index contributed by atoms with van der Waals surface area (Å²) in [6, 6.07) is 11.4. The van der Waals surface area contributed by atoms with E-state index in [1.165, 1.54) is 12.4 Å². The van der Waals surface area contributed by atoms with Gasteiger partial charge < -0.3 is 10.5 Å². The van der Waals surface area contributed by atoms with Crippen LogP contribution < -0.4 is 10.0 Å². The van der Waals surface area contributed by atoms with Gasteiger partial charge >= 0.3 is 0 Å². The summed E-state index contributed by atoms with van der Waals surface area (Å²) >= 11 is 6.11. The minimum absolute atomic E-state index is 0.564. The second-order valence-corrected chi connectivity index (χ2v) is 8.02. The van der Waals surface area contributed by atoms with E-state index in [2.05, 4.69) is 23.4 Å². The van der Waals surface area contributed by atoms with E-state index in [9.17, 15) is 5.21 Å². The van der Waals surface area contributed by atoms with Crippen LogP contribution in [0.4, 0.5) is 5.82 Å². The van der Waals surface area contributed by atoms with Gasteiger partial charge in [-0.2, -0.15) is 9.83 Å². The lowest BCUT2D eigenvalue weighted by Gasteiger charge is -2.09. The van der Waals surface area contributed by atoms with Gasteiger partial charge in [0, 0.05) is 30.2 Å². The molecule has 1 N–H and O–H groups in total. The molecule has 0 amide bonds. The zero-order valence-electron chi connectivity index (χ0n) is 18.1. The maximum atomic E-state index is 11.5. The van der Waals surface area contributed by atoms with Crippen LogP contribution in [-0.4, -0.2) is 26.3 Å². The number of aromatic nitrogens is 5. The van der Waals surface area contributed by atoms with Gasteiger partial charge in [0.25, 0.3) is 0 Å². The Hall–Kier alpha value is -3.45. The second-order valence-electron chi connectivity index (χ2n) is 7.59. The molecule has 0 saturated carbocycles. The number of nitrogens with zero attached hydrogens (tertiary/aromatic N) is 5. The molecule has 3 aromatic heterocycles. The van der Waals surface area contributed by atoms with Gasteiger partial charge in [-0.1, -0.05) is 37.1 Å². The van der Waals surface area contributed by atoms with Crippen molar-refractivity contribution in [2.75, 3.05) is 11.9 Å². The van der Waals surface area contributed by atoms with E-state index < -0.39 is 0 Å². The van der Waals surface area contributed by atoms with Crippen molar-refractivity contribution >= 4 is 40.6 Å². The molecular formula is C24H25ClN6O. The van der Waals surface area contributed by atoms with Crippen molar-refractivity contribution in [2.24, 2.45) is 7.05 Å². The highest BCUT2D eigenvalue weighted by molar-refractivity contribution is 6.30. The van der Waals surface area contributed by atoms with Gasteiger partial charge in [-0.15, -0.1) is 0 Å². The summed E-state index contributed by atoms with van der Waals surface area (Å²) in [7, 11) is 1.92. The Morgan fingerprint density at radius 2 is 2.03 bits per heavy atom. The van der Waals surface area contributed by atoms with E-state index in [1.54, 1.807) is 6.07 Å². The third-order valence-corrected chi connectivity index (χ3v) is 5.31. The van der Waals surface area contributed by atoms with Gasteiger partial charge in [-0.3, -0.25) is 4.68 Å². The molecule has 0 bridgehead atoms. The predicted molar refractivity (Wildman–Crippen MR) is 128 cm³/mol. The number of nitrogens with one attached hydrogen (secondary N) is 1. The highest BCUT2D eigenvalue weighted by Crippen LogP contribution is 2.24. The monoisotopic (exact) mass is 448 g/mol. The van der Waals surface area contributed by atoms with E-state index in [0.717, 1.165) is 62.7 Å². The maximum Gasteiger partial charge on any atom is 0.187 e. The third kappa shape index (κ3) is 5.06. The van der Waals surface area contributed by atoms with Crippen molar-refractivity contribution in [3.05, 3.63) is 81.7 Å². The molecule has 0 aliphatic rings. The van der Waals surface area contributed by atoms with Crippen LogP contribution in [-0.2, 0) is 19.9 Å². The molecule has 164 valence electrons. The lowest BCUT2D eigenvalue weighted by Crippen LogP contribution is -2.24. The number of hydrogen-bond donors (Lipinski definition) is 1. The molecule has 32 heavy (non-hydrogen) atoms. The number of pyridine rings is 1. The van der Waals surface area contributed by atoms with Crippen molar-refractivity contribution in [3.63, 3.8) is 0 Å². The minimum atomic E-state index is 0.564. The van der Waals surface area contributed by atoms with Crippen molar-refractivity contribution in [1.29, 1.82) is 0 Å². The lowest BCUT2D eigenvalue weighted by atomic mass is 10.1. The molecule has 3 heterocycles. The third-order valence-electron chi connectivity index (χ3n) is 5.07. The van der Waals surface area contributed by atoms with Crippen molar-refractivity contribution in [1.82, 2.24) is 19.7 Å². The van der Waals surface area contributed by atoms with Crippen LogP contribution in [0.2, 0.25) is 5.02 Å². The number of benzene rings is 1. The number of aryl methyl sites for hydroxylation is 2. The Morgan fingerprint density at radius 3 is 2.81 bits per heavy atom. The zero-order valence-corrected chi connectivity index (χ0v) is 18.9. The largest absolute Gasteiger partial charge is 0.619 e. The lowest BCUT2D eigenvalue weighted by molar-refractivity contribution is -0.605. The molecule has 0 aliphatic carbocycles. The molecule has 0 aliphatic heterocycles. The van der Waals surface area contributed by atoms with Gasteiger partial charge in [0.2, 0.25) is 0 Å². The van der Waals surface area contributed by atoms with Gasteiger partial charge in [0.1, 0.15) is 11.0 Å². The Kier molecular flexibility index (Phi) is 6.66.